The van der Waals surface area contributed by atoms with Crippen LogP contribution in [-0.2, 0) is 10.0 Å². The van der Waals surface area contributed by atoms with Crippen LogP contribution in [0.4, 0.5) is 0 Å². The molecule has 0 aromatic carbocycles. The molecule has 1 aromatic rings. The van der Waals surface area contributed by atoms with Crippen LogP contribution in [0, 0.1) is 11.3 Å². The van der Waals surface area contributed by atoms with Gasteiger partial charge in [0, 0.05) is 4.88 Å². The molecular formula is C8H8N2O2S2. The van der Waals surface area contributed by atoms with Crippen molar-refractivity contribution in [2.75, 3.05) is 0 Å². The highest BCUT2D eigenvalue weighted by atomic mass is 32.2. The van der Waals surface area contributed by atoms with Crippen molar-refractivity contribution in [3.05, 3.63) is 23.1 Å². The second-order valence-corrected chi connectivity index (χ2v) is 5.56. The first-order valence-corrected chi connectivity index (χ1v) is 5.95. The van der Waals surface area contributed by atoms with Gasteiger partial charge in [0.1, 0.15) is 6.07 Å². The maximum absolute atomic E-state index is 11.1. The minimum absolute atomic E-state index is 0.0792. The lowest BCUT2D eigenvalue weighted by Gasteiger charge is -1.91. The number of thiophene rings is 1. The summed E-state index contributed by atoms with van der Waals surface area (Å²) in [7, 11) is -3.80. The molecular weight excluding hydrogens is 220 g/mol. The summed E-state index contributed by atoms with van der Waals surface area (Å²) in [6, 6.07) is 3.27. The number of nitrogens with zero attached hydrogens (tertiary/aromatic N) is 1. The molecule has 0 saturated heterocycles. The number of nitriles is 1. The summed E-state index contributed by atoms with van der Waals surface area (Å²) in [5, 5.41) is 13.6. The van der Waals surface area contributed by atoms with Crippen LogP contribution in [0.5, 0.6) is 0 Å². The van der Waals surface area contributed by atoms with Crippen molar-refractivity contribution < 1.29 is 8.42 Å². The fourth-order valence-corrected chi connectivity index (χ4v) is 2.78. The molecule has 0 atom stereocenters. The first kappa shape index (κ1) is 10.9. The molecule has 0 amide bonds. The van der Waals surface area contributed by atoms with Crippen LogP contribution in [0.2, 0.25) is 0 Å². The van der Waals surface area contributed by atoms with Crippen LogP contribution < -0.4 is 5.14 Å². The van der Waals surface area contributed by atoms with E-state index >= 15 is 0 Å². The molecule has 1 aromatic heterocycles. The summed E-state index contributed by atoms with van der Waals surface area (Å²) in [5.41, 5.74) is 0.789. The number of primary sulfonamides is 1. The minimum Gasteiger partial charge on any atom is -0.224 e. The Hall–Kier alpha value is -1.16. The van der Waals surface area contributed by atoms with Gasteiger partial charge in [-0.25, -0.2) is 13.6 Å². The largest absolute Gasteiger partial charge is 0.248 e. The Morgan fingerprint density at radius 3 is 2.57 bits per heavy atom. The van der Waals surface area contributed by atoms with E-state index in [0.29, 0.717) is 10.5 Å². The normalized spacial score (nSPS) is 10.9. The van der Waals surface area contributed by atoms with Crippen molar-refractivity contribution >= 4 is 26.9 Å². The van der Waals surface area contributed by atoms with E-state index in [1.54, 1.807) is 13.0 Å². The van der Waals surface area contributed by atoms with E-state index in [4.69, 9.17) is 10.4 Å². The molecule has 74 valence electrons. The summed E-state index contributed by atoms with van der Waals surface area (Å²) in [4.78, 5) is 0.658. The Bertz CT molecular complexity index is 520. The number of nitrogens with two attached hydrogens (primary N) is 1. The van der Waals surface area contributed by atoms with Crippen LogP contribution >= 0.6 is 11.3 Å². The van der Waals surface area contributed by atoms with Gasteiger partial charge in [-0.15, -0.1) is 11.3 Å². The Balaban J connectivity index is 3.47. The predicted molar refractivity (Wildman–Crippen MR) is 55.1 cm³/mol. The van der Waals surface area contributed by atoms with Crippen LogP contribution in [0.3, 0.4) is 0 Å². The van der Waals surface area contributed by atoms with Gasteiger partial charge in [0.05, 0.1) is 5.56 Å². The monoisotopic (exact) mass is 228 g/mol. The molecule has 0 aliphatic rings. The number of hydrogen-bond donors (Lipinski definition) is 1. The highest BCUT2D eigenvalue weighted by Crippen LogP contribution is 2.29. The SMILES string of the molecule is C=C(C)c1cc(C#N)c(S(N)(=O)=O)s1. The zero-order valence-electron chi connectivity index (χ0n) is 7.44. The summed E-state index contributed by atoms with van der Waals surface area (Å²) >= 11 is 0.964. The molecule has 4 nitrogen and oxygen atoms in total. The summed E-state index contributed by atoms with van der Waals surface area (Å²) in [5.74, 6) is 0. The Kier molecular flexibility index (Phi) is 2.76. The molecule has 0 aliphatic heterocycles. The second kappa shape index (κ2) is 3.53. The molecule has 2 N–H and O–H groups in total. The number of allylic oxidation sites excluding steroid dienone is 1. The maximum atomic E-state index is 11.1. The molecule has 6 heteroatoms. The van der Waals surface area contributed by atoms with Crippen LogP contribution in [0.25, 0.3) is 5.57 Å². The molecule has 1 heterocycles. The number of sulfonamides is 1. The average molecular weight is 228 g/mol. The van der Waals surface area contributed by atoms with Crippen LogP contribution in [0.1, 0.15) is 17.4 Å². The fraction of sp³-hybridized carbons (Fsp3) is 0.125. The van der Waals surface area contributed by atoms with Crippen molar-refractivity contribution in [2.45, 2.75) is 11.1 Å². The topological polar surface area (TPSA) is 83.9 Å². The van der Waals surface area contributed by atoms with Gasteiger partial charge in [0.2, 0.25) is 10.0 Å². The van der Waals surface area contributed by atoms with Crippen molar-refractivity contribution in [1.82, 2.24) is 0 Å². The van der Waals surface area contributed by atoms with E-state index in [1.807, 2.05) is 0 Å². The van der Waals surface area contributed by atoms with Gasteiger partial charge < -0.3 is 0 Å². The van der Waals surface area contributed by atoms with Gasteiger partial charge in [-0.05, 0) is 18.6 Å². The van der Waals surface area contributed by atoms with E-state index in [-0.39, 0.29) is 9.77 Å². The average Bonchev–Trinajstić information content (AvgIpc) is 2.46. The van der Waals surface area contributed by atoms with Gasteiger partial charge >= 0.3 is 0 Å². The molecule has 0 spiro atoms. The van der Waals surface area contributed by atoms with Crippen molar-refractivity contribution in [1.29, 1.82) is 5.26 Å². The van der Waals surface area contributed by atoms with E-state index in [0.717, 1.165) is 11.3 Å². The molecule has 0 saturated carbocycles. The second-order valence-electron chi connectivity index (χ2n) is 2.75. The first-order valence-electron chi connectivity index (χ1n) is 3.59. The quantitative estimate of drug-likeness (QED) is 0.828. The van der Waals surface area contributed by atoms with Gasteiger partial charge in [-0.3, -0.25) is 0 Å². The summed E-state index contributed by atoms with van der Waals surface area (Å²) < 4.78 is 22.0. The minimum atomic E-state index is -3.80. The lowest BCUT2D eigenvalue weighted by atomic mass is 10.2. The van der Waals surface area contributed by atoms with Gasteiger partial charge in [0.25, 0.3) is 0 Å². The highest BCUT2D eigenvalue weighted by molar-refractivity contribution is 7.91. The Labute approximate surface area is 86.3 Å². The third-order valence-electron chi connectivity index (χ3n) is 1.50. The third kappa shape index (κ3) is 2.01. The van der Waals surface area contributed by atoms with E-state index in [2.05, 4.69) is 6.58 Å². The highest BCUT2D eigenvalue weighted by Gasteiger charge is 2.18. The lowest BCUT2D eigenvalue weighted by molar-refractivity contribution is 0.599. The molecule has 1 rings (SSSR count). The van der Waals surface area contributed by atoms with Gasteiger partial charge in [0.15, 0.2) is 4.21 Å². The fourth-order valence-electron chi connectivity index (χ4n) is 0.874. The van der Waals surface area contributed by atoms with Gasteiger partial charge in [-0.1, -0.05) is 6.58 Å². The predicted octanol–water partition coefficient (Wildman–Crippen LogP) is 1.30. The third-order valence-corrected chi connectivity index (χ3v) is 4.27. The Morgan fingerprint density at radius 1 is 1.71 bits per heavy atom. The van der Waals surface area contributed by atoms with E-state index in [9.17, 15) is 8.42 Å². The number of rotatable bonds is 2. The summed E-state index contributed by atoms with van der Waals surface area (Å²) in [6.07, 6.45) is 0. The van der Waals surface area contributed by atoms with Crippen molar-refractivity contribution in [3.63, 3.8) is 0 Å². The number of hydrogen-bond acceptors (Lipinski definition) is 4. The molecule has 0 radical (unpaired) electrons. The zero-order chi connectivity index (χ0) is 10.9. The lowest BCUT2D eigenvalue weighted by Crippen LogP contribution is -2.11. The molecule has 0 aliphatic carbocycles. The smallest absolute Gasteiger partial charge is 0.224 e. The van der Waals surface area contributed by atoms with E-state index in [1.165, 1.54) is 6.07 Å². The van der Waals surface area contributed by atoms with Crippen molar-refractivity contribution in [3.8, 4) is 6.07 Å². The summed E-state index contributed by atoms with van der Waals surface area (Å²) in [6.45, 7) is 5.40. The molecule has 14 heavy (non-hydrogen) atoms. The maximum Gasteiger partial charge on any atom is 0.248 e. The van der Waals surface area contributed by atoms with Crippen LogP contribution in [-0.4, -0.2) is 8.42 Å². The van der Waals surface area contributed by atoms with E-state index < -0.39 is 10.0 Å². The standard InChI is InChI=1S/C8H8N2O2S2/c1-5(2)7-3-6(4-9)8(13-7)14(10,11)12/h3H,1H2,2H3,(H2,10,11,12). The first-order chi connectivity index (χ1) is 6.36. The van der Waals surface area contributed by atoms with Crippen molar-refractivity contribution in [2.24, 2.45) is 5.14 Å². The van der Waals surface area contributed by atoms with Gasteiger partial charge in [-0.2, -0.15) is 5.26 Å². The zero-order valence-corrected chi connectivity index (χ0v) is 9.08. The van der Waals surface area contributed by atoms with Crippen LogP contribution in [0.15, 0.2) is 16.9 Å². The molecule has 0 bridgehead atoms. The Morgan fingerprint density at radius 2 is 2.29 bits per heavy atom. The molecule has 0 unspecified atom stereocenters. The molecule has 0 fully saturated rings.